The third-order valence-electron chi connectivity index (χ3n) is 6.84. The number of ketones is 1. The van der Waals surface area contributed by atoms with Crippen molar-refractivity contribution >= 4 is 23.1 Å². The van der Waals surface area contributed by atoms with Crippen LogP contribution < -0.4 is 14.4 Å². The molecule has 6 nitrogen and oxygen atoms in total. The Bertz CT molecular complexity index is 1400. The third kappa shape index (κ3) is 4.91. The summed E-state index contributed by atoms with van der Waals surface area (Å²) in [7, 11) is 1.52. The summed E-state index contributed by atoms with van der Waals surface area (Å²) in [5.74, 6) is -0.585. The molecule has 3 aromatic rings. The van der Waals surface area contributed by atoms with Crippen molar-refractivity contribution in [2.75, 3.05) is 18.6 Å². The van der Waals surface area contributed by atoms with E-state index in [1.54, 1.807) is 30.3 Å². The average molecular weight is 514 g/mol. The second kappa shape index (κ2) is 10.4. The lowest BCUT2D eigenvalue weighted by molar-refractivity contribution is -0.132. The Kier molecular flexibility index (Phi) is 7.36. The fraction of sp³-hybridized carbons (Fsp3) is 0.312. The second-order valence-electron chi connectivity index (χ2n) is 10.6. The lowest BCUT2D eigenvalue weighted by atomic mass is 9.85. The number of rotatable bonds is 6. The van der Waals surface area contributed by atoms with Crippen LogP contribution in [0, 0.1) is 13.8 Å². The zero-order chi connectivity index (χ0) is 27.8. The highest BCUT2D eigenvalue weighted by molar-refractivity contribution is 6.51. The van der Waals surface area contributed by atoms with Gasteiger partial charge in [0.25, 0.3) is 11.7 Å². The largest absolute Gasteiger partial charge is 0.507 e. The number of Topliss-reactive ketones (excluding diaryl/α,β-unsaturated/α-hetero) is 1. The van der Waals surface area contributed by atoms with Crippen LogP contribution in [0.2, 0.25) is 0 Å². The number of hydrogen-bond acceptors (Lipinski definition) is 5. The number of carbonyl (C=O) groups is 2. The number of benzene rings is 3. The Morgan fingerprint density at radius 1 is 0.974 bits per heavy atom. The first-order chi connectivity index (χ1) is 18.0. The van der Waals surface area contributed by atoms with E-state index in [1.165, 1.54) is 12.0 Å². The molecule has 1 unspecified atom stereocenters. The molecule has 0 radical (unpaired) electrons. The minimum atomic E-state index is -0.826. The predicted octanol–water partition coefficient (Wildman–Crippen LogP) is 6.63. The van der Waals surface area contributed by atoms with E-state index in [9.17, 15) is 14.7 Å². The summed E-state index contributed by atoms with van der Waals surface area (Å²) in [5, 5.41) is 11.6. The molecule has 6 heteroatoms. The minimum absolute atomic E-state index is 0.0238. The summed E-state index contributed by atoms with van der Waals surface area (Å²) in [5.41, 5.74) is 4.43. The molecular formula is C32H35NO5. The third-order valence-corrected chi connectivity index (χ3v) is 6.84. The molecule has 0 spiro atoms. The predicted molar refractivity (Wildman–Crippen MR) is 150 cm³/mol. The van der Waals surface area contributed by atoms with Gasteiger partial charge in [-0.15, -0.1) is 0 Å². The molecule has 1 aliphatic heterocycles. The van der Waals surface area contributed by atoms with Crippen molar-refractivity contribution in [2.45, 2.75) is 53.0 Å². The molecule has 0 aliphatic carbocycles. The Morgan fingerprint density at radius 2 is 1.61 bits per heavy atom. The van der Waals surface area contributed by atoms with Gasteiger partial charge < -0.3 is 14.6 Å². The summed E-state index contributed by atoms with van der Waals surface area (Å²) in [4.78, 5) is 28.6. The normalized spacial score (nSPS) is 17.1. The molecule has 1 amide bonds. The lowest BCUT2D eigenvalue weighted by Crippen LogP contribution is -2.29. The van der Waals surface area contributed by atoms with Gasteiger partial charge in [-0.3, -0.25) is 14.5 Å². The quantitative estimate of drug-likeness (QED) is 0.227. The van der Waals surface area contributed by atoms with Crippen molar-refractivity contribution < 1.29 is 24.2 Å². The van der Waals surface area contributed by atoms with Gasteiger partial charge in [0.15, 0.2) is 0 Å². The van der Waals surface area contributed by atoms with E-state index in [0.717, 1.165) is 22.3 Å². The molecule has 0 saturated carbocycles. The topological polar surface area (TPSA) is 76.1 Å². The number of nitrogens with zero attached hydrogens (tertiary/aromatic N) is 1. The number of anilines is 1. The van der Waals surface area contributed by atoms with Crippen molar-refractivity contribution in [3.05, 3.63) is 94.1 Å². The van der Waals surface area contributed by atoms with Crippen LogP contribution in [0.4, 0.5) is 5.69 Å². The first kappa shape index (κ1) is 27.0. The van der Waals surface area contributed by atoms with Crippen LogP contribution in [0.1, 0.15) is 61.6 Å². The maximum Gasteiger partial charge on any atom is 0.300 e. The van der Waals surface area contributed by atoms with Gasteiger partial charge in [-0.2, -0.15) is 0 Å². The van der Waals surface area contributed by atoms with Gasteiger partial charge >= 0.3 is 0 Å². The Balaban J connectivity index is 1.95. The molecule has 0 bridgehead atoms. The molecule has 38 heavy (non-hydrogen) atoms. The SMILES string of the molecule is CCOc1ccc(N2C(=O)C(=O)/C(=C(/O)c3cc(C)cc(C)c3OC)C2c2ccc(C(C)(C)C)cc2)cc1. The Labute approximate surface area is 224 Å². The van der Waals surface area contributed by atoms with E-state index in [2.05, 4.69) is 20.8 Å². The summed E-state index contributed by atoms with van der Waals surface area (Å²) in [6, 6.07) is 17.8. The van der Waals surface area contributed by atoms with Gasteiger partial charge in [-0.25, -0.2) is 0 Å². The van der Waals surface area contributed by atoms with Crippen LogP contribution in [-0.4, -0.2) is 30.5 Å². The van der Waals surface area contributed by atoms with Crippen LogP contribution in [-0.2, 0) is 15.0 Å². The van der Waals surface area contributed by atoms with E-state index in [0.29, 0.717) is 29.4 Å². The maximum absolute atomic E-state index is 13.6. The van der Waals surface area contributed by atoms with Crippen LogP contribution >= 0.6 is 0 Å². The van der Waals surface area contributed by atoms with E-state index >= 15 is 0 Å². The van der Waals surface area contributed by atoms with E-state index in [-0.39, 0.29) is 16.7 Å². The molecule has 1 heterocycles. The highest BCUT2D eigenvalue weighted by atomic mass is 16.5. The molecule has 3 aromatic carbocycles. The molecule has 1 atom stereocenters. The molecule has 1 aliphatic rings. The van der Waals surface area contributed by atoms with E-state index < -0.39 is 17.7 Å². The molecule has 0 aromatic heterocycles. The highest BCUT2D eigenvalue weighted by Crippen LogP contribution is 2.44. The first-order valence-corrected chi connectivity index (χ1v) is 12.8. The maximum atomic E-state index is 13.6. The molecule has 1 fully saturated rings. The van der Waals surface area contributed by atoms with Crippen LogP contribution in [0.15, 0.2) is 66.2 Å². The first-order valence-electron chi connectivity index (χ1n) is 12.8. The van der Waals surface area contributed by atoms with Gasteiger partial charge in [0.1, 0.15) is 17.3 Å². The van der Waals surface area contributed by atoms with Crippen molar-refractivity contribution in [2.24, 2.45) is 0 Å². The number of aryl methyl sites for hydroxylation is 2. The van der Waals surface area contributed by atoms with Crippen molar-refractivity contribution in [3.63, 3.8) is 0 Å². The Morgan fingerprint density at radius 3 is 2.16 bits per heavy atom. The highest BCUT2D eigenvalue weighted by Gasteiger charge is 2.47. The zero-order valence-electron chi connectivity index (χ0n) is 23.1. The molecule has 4 rings (SSSR count). The number of ether oxygens (including phenoxy) is 2. The molecule has 1 saturated heterocycles. The van der Waals surface area contributed by atoms with Crippen LogP contribution in [0.3, 0.4) is 0 Å². The number of methoxy groups -OCH3 is 1. The van der Waals surface area contributed by atoms with Crippen molar-refractivity contribution in [1.82, 2.24) is 0 Å². The fourth-order valence-corrected chi connectivity index (χ4v) is 5.00. The summed E-state index contributed by atoms with van der Waals surface area (Å²) in [6.07, 6.45) is 0. The standard InChI is InChI=1S/C32H35NO5/c1-8-38-24-15-13-23(14-16-24)33-27(21-9-11-22(12-10-21)32(4,5)6)26(29(35)31(33)36)28(34)25-18-19(2)17-20(3)30(25)37-7/h9-18,27,34H,8H2,1-7H3/b28-26+. The van der Waals surface area contributed by atoms with Gasteiger partial charge in [0.05, 0.1) is 30.9 Å². The van der Waals surface area contributed by atoms with Crippen molar-refractivity contribution in [1.29, 1.82) is 0 Å². The van der Waals surface area contributed by atoms with Gasteiger partial charge in [0, 0.05) is 5.69 Å². The average Bonchev–Trinajstić information content (AvgIpc) is 3.13. The summed E-state index contributed by atoms with van der Waals surface area (Å²) in [6.45, 7) is 12.6. The molecular weight excluding hydrogens is 478 g/mol. The zero-order valence-corrected chi connectivity index (χ0v) is 23.1. The number of aliphatic hydroxyl groups excluding tert-OH is 1. The Hall–Kier alpha value is -4.06. The van der Waals surface area contributed by atoms with E-state index in [4.69, 9.17) is 9.47 Å². The van der Waals surface area contributed by atoms with Gasteiger partial charge in [-0.1, -0.05) is 51.1 Å². The number of amides is 1. The minimum Gasteiger partial charge on any atom is -0.507 e. The number of hydrogen-bond donors (Lipinski definition) is 1. The lowest BCUT2D eigenvalue weighted by Gasteiger charge is -2.27. The monoisotopic (exact) mass is 513 g/mol. The molecule has 1 N–H and O–H groups in total. The van der Waals surface area contributed by atoms with E-state index in [1.807, 2.05) is 51.1 Å². The van der Waals surface area contributed by atoms with Crippen LogP contribution in [0.5, 0.6) is 11.5 Å². The van der Waals surface area contributed by atoms with Gasteiger partial charge in [0.2, 0.25) is 0 Å². The number of carbonyl (C=O) groups excluding carboxylic acids is 2. The fourth-order valence-electron chi connectivity index (χ4n) is 5.00. The number of aliphatic hydroxyl groups is 1. The molecule has 198 valence electrons. The summed E-state index contributed by atoms with van der Waals surface area (Å²) < 4.78 is 11.2. The second-order valence-corrected chi connectivity index (χ2v) is 10.6. The smallest absolute Gasteiger partial charge is 0.300 e. The van der Waals surface area contributed by atoms with Crippen molar-refractivity contribution in [3.8, 4) is 11.5 Å². The van der Waals surface area contributed by atoms with Gasteiger partial charge in [-0.05, 0) is 78.8 Å². The summed E-state index contributed by atoms with van der Waals surface area (Å²) >= 11 is 0. The van der Waals surface area contributed by atoms with Crippen LogP contribution in [0.25, 0.3) is 5.76 Å².